The average Bonchev–Trinajstić information content (AvgIpc) is 2.81. The normalized spacial score (nSPS) is 18.2. The Hall–Kier alpha value is -2.73. The minimum absolute atomic E-state index is 0.0172. The number of hydrogen-bond acceptors (Lipinski definition) is 1. The summed E-state index contributed by atoms with van der Waals surface area (Å²) >= 11 is 0. The summed E-state index contributed by atoms with van der Waals surface area (Å²) in [5.74, 6) is 0.0172. The molecule has 148 valence electrons. The molecule has 30 heavy (non-hydrogen) atoms. The topological polar surface area (TPSA) is 20.2 Å². The molecule has 0 bridgehead atoms. The Labute approximate surface area is 179 Å². The Morgan fingerprint density at radius 3 is 1.80 bits per heavy atom. The van der Waals surface area contributed by atoms with Crippen LogP contribution in [0.4, 0.5) is 0 Å². The first-order valence-electron chi connectivity index (χ1n) is 10.6. The predicted octanol–water partition coefficient (Wildman–Crippen LogP) is 4.88. The van der Waals surface area contributed by atoms with E-state index in [9.17, 15) is 5.11 Å². The van der Waals surface area contributed by atoms with Crippen molar-refractivity contribution in [2.75, 3.05) is 0 Å². The maximum absolute atomic E-state index is 11.1. The van der Waals surface area contributed by atoms with Crippen LogP contribution in [-0.2, 0) is 6.42 Å². The van der Waals surface area contributed by atoms with E-state index in [1.165, 1.54) is 32.6 Å². The number of benzene rings is 4. The first-order chi connectivity index (χ1) is 14.8. The summed E-state index contributed by atoms with van der Waals surface area (Å²) in [6.07, 6.45) is 1.40. The minimum Gasteiger partial charge on any atom is -0.392 e. The van der Waals surface area contributed by atoms with Crippen molar-refractivity contribution in [1.29, 1.82) is 0 Å². The van der Waals surface area contributed by atoms with E-state index in [0.717, 1.165) is 12.8 Å². The molecule has 0 heterocycles. The van der Waals surface area contributed by atoms with Gasteiger partial charge in [-0.25, -0.2) is 0 Å². The monoisotopic (exact) mass is 408 g/mol. The fraction of sp³-hybridized carbons (Fsp3) is 0.143. The van der Waals surface area contributed by atoms with Crippen LogP contribution < -0.4 is 15.9 Å². The van der Waals surface area contributed by atoms with Crippen LogP contribution in [0.15, 0.2) is 109 Å². The molecular weight excluding hydrogens is 383 g/mol. The highest BCUT2D eigenvalue weighted by Gasteiger charge is 2.32. The van der Waals surface area contributed by atoms with Crippen LogP contribution in [0.3, 0.4) is 0 Å². The summed E-state index contributed by atoms with van der Waals surface area (Å²) in [6, 6.07) is 39.0. The molecule has 0 aliphatic heterocycles. The van der Waals surface area contributed by atoms with E-state index in [2.05, 4.69) is 109 Å². The van der Waals surface area contributed by atoms with Gasteiger partial charge in [0.05, 0.1) is 6.10 Å². The molecule has 0 radical (unpaired) electrons. The molecule has 1 nitrogen and oxygen atoms in total. The van der Waals surface area contributed by atoms with Crippen molar-refractivity contribution in [3.8, 4) is 0 Å². The fourth-order valence-electron chi connectivity index (χ4n) is 4.65. The van der Waals surface area contributed by atoms with E-state index in [-0.39, 0.29) is 12.0 Å². The molecule has 0 saturated carbocycles. The molecule has 0 amide bonds. The smallest absolute Gasteiger partial charge is 0.0652 e. The van der Waals surface area contributed by atoms with E-state index >= 15 is 0 Å². The third-order valence-electron chi connectivity index (χ3n) is 6.03. The van der Waals surface area contributed by atoms with Gasteiger partial charge in [-0.1, -0.05) is 109 Å². The van der Waals surface area contributed by atoms with Gasteiger partial charge in [0.1, 0.15) is 0 Å². The molecule has 2 heteroatoms. The van der Waals surface area contributed by atoms with Gasteiger partial charge in [0.2, 0.25) is 0 Å². The molecule has 5 rings (SSSR count). The standard InChI is InChI=1S/C28H25OP/c29-26-20-19-21-11-7-8-16-24(21)28(26)25-17-9-10-18-27(25)30(22-12-3-1-4-13-22)23-14-5-2-6-15-23/h1-18,26,28-29H,19-20H2. The lowest BCUT2D eigenvalue weighted by molar-refractivity contribution is 0.140. The lowest BCUT2D eigenvalue weighted by atomic mass is 9.77. The number of hydrogen-bond donors (Lipinski definition) is 1. The zero-order chi connectivity index (χ0) is 20.3. The largest absolute Gasteiger partial charge is 0.392 e. The van der Waals surface area contributed by atoms with Crippen LogP contribution in [0.25, 0.3) is 0 Å². The average molecular weight is 408 g/mol. The first-order valence-corrected chi connectivity index (χ1v) is 11.9. The van der Waals surface area contributed by atoms with E-state index in [4.69, 9.17) is 0 Å². The zero-order valence-corrected chi connectivity index (χ0v) is 17.8. The third-order valence-corrected chi connectivity index (χ3v) is 8.54. The van der Waals surface area contributed by atoms with Crippen LogP contribution in [0, 0.1) is 0 Å². The van der Waals surface area contributed by atoms with Gasteiger partial charge in [0, 0.05) is 5.92 Å². The van der Waals surface area contributed by atoms with E-state index < -0.39 is 7.92 Å². The van der Waals surface area contributed by atoms with Crippen LogP contribution in [0.2, 0.25) is 0 Å². The second kappa shape index (κ2) is 8.56. The van der Waals surface area contributed by atoms with Crippen molar-refractivity contribution in [1.82, 2.24) is 0 Å². The molecule has 2 unspecified atom stereocenters. The molecule has 0 fully saturated rings. The van der Waals surface area contributed by atoms with Gasteiger partial charge in [-0.15, -0.1) is 0 Å². The summed E-state index contributed by atoms with van der Waals surface area (Å²) < 4.78 is 0. The second-order valence-electron chi connectivity index (χ2n) is 7.85. The van der Waals surface area contributed by atoms with Crippen molar-refractivity contribution in [2.24, 2.45) is 0 Å². The SMILES string of the molecule is OC1CCc2ccccc2C1c1ccccc1P(c1ccccc1)c1ccccc1. The van der Waals surface area contributed by atoms with E-state index in [0.29, 0.717) is 0 Å². The van der Waals surface area contributed by atoms with Gasteiger partial charge in [-0.05, 0) is 53.4 Å². The number of aliphatic hydroxyl groups excluding tert-OH is 1. The van der Waals surface area contributed by atoms with Gasteiger partial charge < -0.3 is 5.11 Å². The van der Waals surface area contributed by atoms with Gasteiger partial charge in [0.25, 0.3) is 0 Å². The van der Waals surface area contributed by atoms with Crippen LogP contribution >= 0.6 is 7.92 Å². The number of rotatable bonds is 4. The van der Waals surface area contributed by atoms with Gasteiger partial charge >= 0.3 is 0 Å². The molecule has 4 aromatic carbocycles. The van der Waals surface area contributed by atoms with Crippen molar-refractivity contribution in [2.45, 2.75) is 24.9 Å². The van der Waals surface area contributed by atoms with E-state index in [1.54, 1.807) is 0 Å². The summed E-state index contributed by atoms with van der Waals surface area (Å²) in [4.78, 5) is 0. The molecule has 0 saturated heterocycles. The second-order valence-corrected chi connectivity index (χ2v) is 10.0. The Bertz CT molecular complexity index is 1080. The summed E-state index contributed by atoms with van der Waals surface area (Å²) in [6.45, 7) is 0. The van der Waals surface area contributed by atoms with Crippen LogP contribution in [0.5, 0.6) is 0 Å². The van der Waals surface area contributed by atoms with Crippen molar-refractivity contribution < 1.29 is 5.11 Å². The van der Waals surface area contributed by atoms with Gasteiger partial charge in [-0.3, -0.25) is 0 Å². The quantitative estimate of drug-likeness (QED) is 0.477. The van der Waals surface area contributed by atoms with E-state index in [1.807, 2.05) is 0 Å². The highest BCUT2D eigenvalue weighted by molar-refractivity contribution is 7.79. The predicted molar refractivity (Wildman–Crippen MR) is 128 cm³/mol. The molecule has 0 aromatic heterocycles. The van der Waals surface area contributed by atoms with Gasteiger partial charge in [0.15, 0.2) is 0 Å². The number of aliphatic hydroxyl groups is 1. The fourth-order valence-corrected chi connectivity index (χ4v) is 7.15. The molecule has 0 spiro atoms. The molecule has 4 aromatic rings. The number of fused-ring (bicyclic) bond motifs is 1. The van der Waals surface area contributed by atoms with Crippen LogP contribution in [0.1, 0.15) is 29.0 Å². The Morgan fingerprint density at radius 1 is 0.600 bits per heavy atom. The highest BCUT2D eigenvalue weighted by Crippen LogP contribution is 2.41. The molecular formula is C28H25OP. The molecule has 2 atom stereocenters. The van der Waals surface area contributed by atoms with Crippen molar-refractivity contribution in [3.63, 3.8) is 0 Å². The summed E-state index contributed by atoms with van der Waals surface area (Å²) in [5.41, 5.74) is 3.90. The minimum atomic E-state index is -0.711. The zero-order valence-electron chi connectivity index (χ0n) is 16.9. The lowest BCUT2D eigenvalue weighted by Crippen LogP contribution is -2.31. The van der Waals surface area contributed by atoms with Crippen molar-refractivity contribution in [3.05, 3.63) is 126 Å². The molecule has 1 aliphatic carbocycles. The molecule has 1 aliphatic rings. The maximum Gasteiger partial charge on any atom is 0.0652 e. The summed E-state index contributed by atoms with van der Waals surface area (Å²) in [7, 11) is -0.711. The third kappa shape index (κ3) is 3.60. The van der Waals surface area contributed by atoms with Crippen molar-refractivity contribution >= 4 is 23.8 Å². The van der Waals surface area contributed by atoms with Gasteiger partial charge in [-0.2, -0.15) is 0 Å². The Balaban J connectivity index is 1.71. The Morgan fingerprint density at radius 2 is 1.13 bits per heavy atom. The molecule has 1 N–H and O–H groups in total. The first kappa shape index (κ1) is 19.2. The lowest BCUT2D eigenvalue weighted by Gasteiger charge is -2.33. The summed E-state index contributed by atoms with van der Waals surface area (Å²) in [5, 5.41) is 15.1. The Kier molecular flexibility index (Phi) is 5.49. The number of aryl methyl sites for hydroxylation is 1. The van der Waals surface area contributed by atoms with Crippen LogP contribution in [-0.4, -0.2) is 11.2 Å². The maximum atomic E-state index is 11.1. The highest BCUT2D eigenvalue weighted by atomic mass is 31.1.